The van der Waals surface area contributed by atoms with E-state index < -0.39 is 21.9 Å². The number of ether oxygens (including phenoxy) is 2. The Kier molecular flexibility index (Phi) is 8.93. The number of carbonyl (C=O) groups is 2. The average molecular weight is 558 g/mol. The van der Waals surface area contributed by atoms with E-state index in [9.17, 15) is 18.0 Å². The maximum absolute atomic E-state index is 13.9. The monoisotopic (exact) mass is 557 g/mol. The van der Waals surface area contributed by atoms with Crippen LogP contribution in [0.25, 0.3) is 0 Å². The largest absolute Gasteiger partial charge is 0.497 e. The number of nitrogens with one attached hydrogen (secondary N) is 1. The molecule has 0 atom stereocenters. The number of benzene rings is 4. The quantitative estimate of drug-likeness (QED) is 0.130. The molecule has 4 aromatic rings. The third kappa shape index (κ3) is 6.91. The van der Waals surface area contributed by atoms with Crippen LogP contribution < -0.4 is 19.2 Å². The summed E-state index contributed by atoms with van der Waals surface area (Å²) in [5.41, 5.74) is 4.18. The first-order chi connectivity index (χ1) is 19.3. The lowest BCUT2D eigenvalue weighted by Gasteiger charge is -2.26. The molecular formula is C30H27N3O6S. The highest BCUT2D eigenvalue weighted by molar-refractivity contribution is 7.92. The summed E-state index contributed by atoms with van der Waals surface area (Å²) in [7, 11) is -2.59. The molecule has 0 aliphatic rings. The van der Waals surface area contributed by atoms with E-state index in [4.69, 9.17) is 9.47 Å². The van der Waals surface area contributed by atoms with E-state index in [2.05, 4.69) is 10.5 Å². The molecule has 4 aromatic carbocycles. The highest BCUT2D eigenvalue weighted by Gasteiger charge is 2.28. The van der Waals surface area contributed by atoms with E-state index in [0.717, 1.165) is 5.56 Å². The molecule has 0 aliphatic carbocycles. The molecule has 0 spiro atoms. The summed E-state index contributed by atoms with van der Waals surface area (Å²) < 4.78 is 39.2. The topological polar surface area (TPSA) is 114 Å². The number of hydrazone groups is 1. The Balaban J connectivity index is 1.63. The number of esters is 1. The maximum Gasteiger partial charge on any atom is 0.308 e. The van der Waals surface area contributed by atoms with Crippen molar-refractivity contribution in [3.8, 4) is 11.5 Å². The summed E-state index contributed by atoms with van der Waals surface area (Å²) >= 11 is 0. The van der Waals surface area contributed by atoms with E-state index in [0.29, 0.717) is 17.1 Å². The van der Waals surface area contributed by atoms with Crippen LogP contribution in [0, 0.1) is 0 Å². The molecule has 0 radical (unpaired) electrons. The first kappa shape index (κ1) is 28.1. The number of carbonyl (C=O) groups excluding carboxylic acids is 2. The fraction of sp³-hybridized carbons (Fsp3) is 0.100. The molecule has 40 heavy (non-hydrogen) atoms. The minimum atomic E-state index is -4.09. The fourth-order valence-electron chi connectivity index (χ4n) is 3.82. The van der Waals surface area contributed by atoms with Crippen molar-refractivity contribution in [1.29, 1.82) is 0 Å². The van der Waals surface area contributed by atoms with Gasteiger partial charge in [-0.15, -0.1) is 0 Å². The van der Waals surface area contributed by atoms with E-state index in [1.165, 1.54) is 42.8 Å². The Labute approximate surface area is 232 Å². The molecule has 204 valence electrons. The van der Waals surface area contributed by atoms with Crippen molar-refractivity contribution < 1.29 is 27.5 Å². The van der Waals surface area contributed by atoms with Crippen LogP contribution in [0.2, 0.25) is 0 Å². The third-order valence-electron chi connectivity index (χ3n) is 5.76. The van der Waals surface area contributed by atoms with E-state index in [1.54, 1.807) is 54.6 Å². The van der Waals surface area contributed by atoms with Crippen molar-refractivity contribution >= 4 is 33.8 Å². The molecule has 0 heterocycles. The van der Waals surface area contributed by atoms with Crippen molar-refractivity contribution in [3.63, 3.8) is 0 Å². The second kappa shape index (κ2) is 12.7. The summed E-state index contributed by atoms with van der Waals surface area (Å²) in [6.07, 6.45) is 1.42. The van der Waals surface area contributed by atoms with Crippen molar-refractivity contribution in [1.82, 2.24) is 5.43 Å². The molecule has 9 nitrogen and oxygen atoms in total. The van der Waals surface area contributed by atoms with Crippen molar-refractivity contribution in [2.75, 3.05) is 11.4 Å². The molecule has 0 aromatic heterocycles. The highest BCUT2D eigenvalue weighted by atomic mass is 32.2. The minimum Gasteiger partial charge on any atom is -0.497 e. The van der Waals surface area contributed by atoms with Gasteiger partial charge in [0.25, 0.3) is 15.9 Å². The molecular weight excluding hydrogens is 530 g/mol. The summed E-state index contributed by atoms with van der Waals surface area (Å²) in [6.45, 7) is 1.31. The van der Waals surface area contributed by atoms with Gasteiger partial charge in [-0.25, -0.2) is 13.8 Å². The summed E-state index contributed by atoms with van der Waals surface area (Å²) in [6, 6.07) is 28.2. The summed E-state index contributed by atoms with van der Waals surface area (Å²) in [5, 5.41) is 4.02. The number of amides is 1. The lowest BCUT2D eigenvalue weighted by Crippen LogP contribution is -2.33. The van der Waals surface area contributed by atoms with E-state index >= 15 is 0 Å². The van der Waals surface area contributed by atoms with E-state index in [1.807, 2.05) is 30.3 Å². The van der Waals surface area contributed by atoms with Gasteiger partial charge in [0.1, 0.15) is 11.5 Å². The van der Waals surface area contributed by atoms with Crippen molar-refractivity contribution in [2.24, 2.45) is 5.10 Å². The molecule has 10 heteroatoms. The molecule has 0 saturated carbocycles. The summed E-state index contributed by atoms with van der Waals surface area (Å²) in [4.78, 5) is 24.3. The number of hydrogen-bond donors (Lipinski definition) is 1. The fourth-order valence-corrected chi connectivity index (χ4v) is 5.29. The zero-order valence-electron chi connectivity index (χ0n) is 21.9. The minimum absolute atomic E-state index is 0.00253. The number of hydrogen-bond acceptors (Lipinski definition) is 7. The van der Waals surface area contributed by atoms with Gasteiger partial charge in [0.2, 0.25) is 0 Å². The molecule has 0 unspecified atom stereocenters. The molecule has 0 saturated heterocycles. The Morgan fingerprint density at radius 1 is 0.850 bits per heavy atom. The lowest BCUT2D eigenvalue weighted by atomic mass is 10.1. The van der Waals surface area contributed by atoms with Gasteiger partial charge in [-0.1, -0.05) is 42.5 Å². The van der Waals surface area contributed by atoms with Gasteiger partial charge in [0.15, 0.2) is 0 Å². The molecule has 0 aliphatic heterocycles. The van der Waals surface area contributed by atoms with Crippen molar-refractivity contribution in [3.05, 3.63) is 120 Å². The van der Waals surface area contributed by atoms with Gasteiger partial charge in [-0.05, 0) is 71.8 Å². The number of methoxy groups -OCH3 is 1. The zero-order valence-corrected chi connectivity index (χ0v) is 22.7. The Morgan fingerprint density at radius 2 is 1.48 bits per heavy atom. The average Bonchev–Trinajstić information content (AvgIpc) is 2.97. The predicted molar refractivity (Wildman–Crippen MR) is 152 cm³/mol. The van der Waals surface area contributed by atoms with Crippen LogP contribution in [0.3, 0.4) is 0 Å². The van der Waals surface area contributed by atoms with Gasteiger partial charge >= 0.3 is 5.97 Å². The SMILES string of the molecule is COc1ccc(S(=O)(=O)N(Cc2ccccc2)c2ccccc2C(=O)N/N=C\c2ccc(OC(C)=O)cc2)cc1. The first-order valence-corrected chi connectivity index (χ1v) is 13.6. The number of anilines is 1. The van der Waals surface area contributed by atoms with Gasteiger partial charge in [-0.2, -0.15) is 5.10 Å². The Bertz CT molecular complexity index is 1600. The zero-order chi connectivity index (χ0) is 28.5. The standard InChI is InChI=1S/C30H27N3O6S/c1-22(34)39-26-14-12-23(13-15-26)20-31-32-30(35)28-10-6-7-11-29(28)33(21-24-8-4-3-5-9-24)40(36,37)27-18-16-25(38-2)17-19-27/h3-20H,21H2,1-2H3,(H,32,35)/b31-20-. The Morgan fingerprint density at radius 3 is 2.12 bits per heavy atom. The van der Waals surface area contributed by atoms with Gasteiger partial charge < -0.3 is 9.47 Å². The van der Waals surface area contributed by atoms with Crippen LogP contribution in [-0.4, -0.2) is 33.6 Å². The van der Waals surface area contributed by atoms with Crippen LogP contribution in [0.1, 0.15) is 28.4 Å². The smallest absolute Gasteiger partial charge is 0.308 e. The summed E-state index contributed by atoms with van der Waals surface area (Å²) in [5.74, 6) is -0.111. The van der Waals surface area contributed by atoms with Crippen LogP contribution in [0.15, 0.2) is 113 Å². The number of rotatable bonds is 10. The number of para-hydroxylation sites is 1. The first-order valence-electron chi connectivity index (χ1n) is 12.2. The number of nitrogens with zero attached hydrogens (tertiary/aromatic N) is 2. The highest BCUT2D eigenvalue weighted by Crippen LogP contribution is 2.30. The molecule has 4 rings (SSSR count). The van der Waals surface area contributed by atoms with Gasteiger partial charge in [-0.3, -0.25) is 13.9 Å². The molecule has 0 fully saturated rings. The van der Waals surface area contributed by atoms with Gasteiger partial charge in [0, 0.05) is 6.92 Å². The predicted octanol–water partition coefficient (Wildman–Crippen LogP) is 4.78. The normalized spacial score (nSPS) is 11.2. The second-order valence-corrected chi connectivity index (χ2v) is 10.4. The maximum atomic E-state index is 13.9. The van der Waals surface area contributed by atoms with Crippen LogP contribution in [0.4, 0.5) is 5.69 Å². The number of sulfonamides is 1. The van der Waals surface area contributed by atoms with Crippen LogP contribution in [-0.2, 0) is 21.4 Å². The van der Waals surface area contributed by atoms with Crippen molar-refractivity contribution in [2.45, 2.75) is 18.4 Å². The van der Waals surface area contributed by atoms with E-state index in [-0.39, 0.29) is 22.7 Å². The van der Waals surface area contributed by atoms with Crippen LogP contribution >= 0.6 is 0 Å². The lowest BCUT2D eigenvalue weighted by molar-refractivity contribution is -0.131. The molecule has 0 bridgehead atoms. The Hall–Kier alpha value is -4.96. The molecule has 1 N–H and O–H groups in total. The van der Waals surface area contributed by atoms with Crippen LogP contribution in [0.5, 0.6) is 11.5 Å². The molecule has 1 amide bonds. The third-order valence-corrected chi connectivity index (χ3v) is 7.53. The van der Waals surface area contributed by atoms with Gasteiger partial charge in [0.05, 0.1) is 36.0 Å². The second-order valence-electron chi connectivity index (χ2n) is 8.55.